The molecule has 0 spiro atoms. The number of para-hydroxylation sites is 1. The van der Waals surface area contributed by atoms with E-state index < -0.39 is 0 Å². The highest BCUT2D eigenvalue weighted by molar-refractivity contribution is 8.00. The summed E-state index contributed by atoms with van der Waals surface area (Å²) < 4.78 is 16.4. The lowest BCUT2D eigenvalue weighted by molar-refractivity contribution is -0.144. The summed E-state index contributed by atoms with van der Waals surface area (Å²) in [5.41, 5.74) is 1.56. The van der Waals surface area contributed by atoms with Crippen LogP contribution in [0.25, 0.3) is 0 Å². The largest absolute Gasteiger partial charge is 0.486 e. The number of fused-ring (bicyclic) bond motifs is 2. The van der Waals surface area contributed by atoms with Gasteiger partial charge in [0.15, 0.2) is 11.5 Å². The predicted octanol–water partition coefficient (Wildman–Crippen LogP) is 3.68. The van der Waals surface area contributed by atoms with E-state index in [1.807, 2.05) is 24.3 Å². The molecule has 0 saturated heterocycles. The third-order valence-electron chi connectivity index (χ3n) is 4.40. The van der Waals surface area contributed by atoms with Gasteiger partial charge in [-0.1, -0.05) is 23.7 Å². The van der Waals surface area contributed by atoms with Gasteiger partial charge < -0.3 is 19.1 Å². The van der Waals surface area contributed by atoms with Crippen LogP contribution in [0, 0.1) is 0 Å². The van der Waals surface area contributed by atoms with Crippen molar-refractivity contribution in [1.29, 1.82) is 0 Å². The van der Waals surface area contributed by atoms with Gasteiger partial charge in [-0.05, 0) is 29.8 Å². The number of thioether (sulfide) groups is 1. The molecule has 0 unspecified atom stereocenters. The van der Waals surface area contributed by atoms with Gasteiger partial charge in [0.1, 0.15) is 19.8 Å². The number of halogens is 1. The quantitative estimate of drug-likeness (QED) is 0.689. The lowest BCUT2D eigenvalue weighted by Gasteiger charge is -2.28. The van der Waals surface area contributed by atoms with Gasteiger partial charge in [-0.25, -0.2) is 0 Å². The lowest BCUT2D eigenvalue weighted by Crippen LogP contribution is -2.37. The third kappa shape index (κ3) is 4.05. The summed E-state index contributed by atoms with van der Waals surface area (Å²) >= 11 is 7.71. The highest BCUT2D eigenvalue weighted by Gasteiger charge is 2.25. The summed E-state index contributed by atoms with van der Waals surface area (Å²) in [6.45, 7) is 1.28. The Morgan fingerprint density at radius 1 is 1.21 bits per heavy atom. The topological polar surface area (TPSA) is 65.1 Å². The second-order valence-corrected chi connectivity index (χ2v) is 7.74. The summed E-state index contributed by atoms with van der Waals surface area (Å²) in [4.78, 5) is 27.1. The van der Waals surface area contributed by atoms with Gasteiger partial charge >= 0.3 is 5.97 Å². The first-order valence-corrected chi connectivity index (χ1v) is 10.2. The molecule has 8 heteroatoms. The van der Waals surface area contributed by atoms with E-state index in [0.717, 1.165) is 16.1 Å². The van der Waals surface area contributed by atoms with Gasteiger partial charge in [-0.15, -0.1) is 11.8 Å². The fourth-order valence-corrected chi connectivity index (χ4v) is 4.31. The number of carbonyl (C=O) groups is 2. The van der Waals surface area contributed by atoms with Crippen molar-refractivity contribution in [2.75, 3.05) is 30.4 Å². The average molecular weight is 420 g/mol. The Balaban J connectivity index is 1.34. The summed E-state index contributed by atoms with van der Waals surface area (Å²) in [6.07, 6.45) is 0.114. The molecule has 0 N–H and O–H groups in total. The van der Waals surface area contributed by atoms with E-state index in [1.165, 1.54) is 11.8 Å². The van der Waals surface area contributed by atoms with Crippen LogP contribution in [-0.2, 0) is 20.9 Å². The minimum atomic E-state index is -0.380. The number of hydrogen-bond acceptors (Lipinski definition) is 6. The first-order chi connectivity index (χ1) is 13.6. The number of anilines is 1. The number of carbonyl (C=O) groups excluding carboxylic acids is 2. The van der Waals surface area contributed by atoms with Crippen LogP contribution in [0.1, 0.15) is 12.0 Å². The predicted molar refractivity (Wildman–Crippen MR) is 106 cm³/mol. The first-order valence-electron chi connectivity index (χ1n) is 8.87. The molecule has 2 heterocycles. The van der Waals surface area contributed by atoms with Crippen molar-refractivity contribution in [3.63, 3.8) is 0 Å². The molecule has 4 rings (SSSR count). The number of amides is 1. The minimum absolute atomic E-state index is 0.00452. The van der Waals surface area contributed by atoms with Gasteiger partial charge in [0.2, 0.25) is 5.91 Å². The molecular formula is C20H18ClNO5S. The molecule has 6 nitrogen and oxygen atoms in total. The van der Waals surface area contributed by atoms with Gasteiger partial charge in [0.25, 0.3) is 0 Å². The van der Waals surface area contributed by atoms with E-state index in [9.17, 15) is 9.59 Å². The monoisotopic (exact) mass is 419 g/mol. The van der Waals surface area contributed by atoms with E-state index >= 15 is 0 Å². The van der Waals surface area contributed by atoms with Gasteiger partial charge in [0, 0.05) is 11.4 Å². The molecule has 146 valence electrons. The van der Waals surface area contributed by atoms with Crippen LogP contribution in [0.4, 0.5) is 5.69 Å². The second kappa shape index (κ2) is 8.32. The van der Waals surface area contributed by atoms with Crippen molar-refractivity contribution in [3.8, 4) is 11.5 Å². The Kier molecular flexibility index (Phi) is 5.64. The SMILES string of the molecule is O=C(CCN1C(=O)CSc2ccccc21)OCc1cc(Cl)c2c(c1)OCCO2. The van der Waals surface area contributed by atoms with Crippen molar-refractivity contribution in [2.24, 2.45) is 0 Å². The molecule has 2 aliphatic rings. The Labute approximate surface area is 171 Å². The van der Waals surface area contributed by atoms with E-state index in [0.29, 0.717) is 35.5 Å². The van der Waals surface area contributed by atoms with Crippen LogP contribution >= 0.6 is 23.4 Å². The van der Waals surface area contributed by atoms with Crippen LogP contribution in [-0.4, -0.2) is 37.4 Å². The fourth-order valence-electron chi connectivity index (χ4n) is 3.09. The number of ether oxygens (including phenoxy) is 3. The van der Waals surface area contributed by atoms with Gasteiger partial charge in [-0.3, -0.25) is 9.59 Å². The number of hydrogen-bond donors (Lipinski definition) is 0. The fraction of sp³-hybridized carbons (Fsp3) is 0.300. The second-order valence-electron chi connectivity index (χ2n) is 6.31. The lowest BCUT2D eigenvalue weighted by atomic mass is 10.2. The molecule has 0 aromatic heterocycles. The third-order valence-corrected chi connectivity index (χ3v) is 5.73. The average Bonchev–Trinajstić information content (AvgIpc) is 2.71. The molecule has 0 saturated carbocycles. The maximum absolute atomic E-state index is 12.2. The minimum Gasteiger partial charge on any atom is -0.486 e. The van der Waals surface area contributed by atoms with Crippen molar-refractivity contribution in [2.45, 2.75) is 17.9 Å². The molecule has 2 aliphatic heterocycles. The van der Waals surface area contributed by atoms with E-state index in [2.05, 4.69) is 0 Å². The molecule has 28 heavy (non-hydrogen) atoms. The summed E-state index contributed by atoms with van der Waals surface area (Å²) in [5, 5.41) is 0.427. The van der Waals surface area contributed by atoms with Crippen LogP contribution < -0.4 is 14.4 Å². The Morgan fingerprint density at radius 3 is 2.93 bits per heavy atom. The summed E-state index contributed by atoms with van der Waals surface area (Å²) in [6, 6.07) is 11.1. The Bertz CT molecular complexity index is 919. The van der Waals surface area contributed by atoms with Crippen LogP contribution in [0.3, 0.4) is 0 Å². The Morgan fingerprint density at radius 2 is 2.04 bits per heavy atom. The Hall–Kier alpha value is -2.38. The summed E-state index contributed by atoms with van der Waals surface area (Å²) in [7, 11) is 0. The number of nitrogens with zero attached hydrogens (tertiary/aromatic N) is 1. The normalized spacial score (nSPS) is 15.2. The van der Waals surface area contributed by atoms with Crippen molar-refractivity contribution < 1.29 is 23.8 Å². The van der Waals surface area contributed by atoms with E-state index in [-0.39, 0.29) is 31.4 Å². The molecule has 2 aromatic rings. The molecule has 0 radical (unpaired) electrons. The van der Waals surface area contributed by atoms with Gasteiger partial charge in [-0.2, -0.15) is 0 Å². The maximum atomic E-state index is 12.2. The molecule has 2 aromatic carbocycles. The molecule has 0 atom stereocenters. The van der Waals surface area contributed by atoms with Crippen LogP contribution in [0.5, 0.6) is 11.5 Å². The molecular weight excluding hydrogens is 402 g/mol. The van der Waals surface area contributed by atoms with E-state index in [4.69, 9.17) is 25.8 Å². The molecule has 0 fully saturated rings. The zero-order valence-corrected chi connectivity index (χ0v) is 16.6. The number of rotatable bonds is 5. The zero-order valence-electron chi connectivity index (χ0n) is 15.0. The van der Waals surface area contributed by atoms with E-state index in [1.54, 1.807) is 17.0 Å². The molecule has 0 aliphatic carbocycles. The first kappa shape index (κ1) is 19.0. The molecule has 1 amide bonds. The standard InChI is InChI=1S/C20H18ClNO5S/c21-14-9-13(10-16-20(14)26-8-7-25-16)11-27-19(24)5-6-22-15-3-1-2-4-17(15)28-12-18(22)23/h1-4,9-10H,5-8,11-12H2. The number of esters is 1. The zero-order chi connectivity index (χ0) is 19.5. The maximum Gasteiger partial charge on any atom is 0.307 e. The summed E-state index contributed by atoms with van der Waals surface area (Å²) in [5.74, 6) is 1.06. The van der Waals surface area contributed by atoms with Crippen molar-refractivity contribution >= 4 is 40.9 Å². The van der Waals surface area contributed by atoms with Gasteiger partial charge in [0.05, 0.1) is 22.9 Å². The smallest absolute Gasteiger partial charge is 0.307 e. The number of benzene rings is 2. The van der Waals surface area contributed by atoms with Crippen molar-refractivity contribution in [3.05, 3.63) is 47.0 Å². The molecule has 0 bridgehead atoms. The van der Waals surface area contributed by atoms with Crippen LogP contribution in [0.2, 0.25) is 5.02 Å². The highest BCUT2D eigenvalue weighted by Crippen LogP contribution is 2.38. The highest BCUT2D eigenvalue weighted by atomic mass is 35.5. The van der Waals surface area contributed by atoms with Crippen molar-refractivity contribution in [1.82, 2.24) is 0 Å². The van der Waals surface area contributed by atoms with Crippen LogP contribution in [0.15, 0.2) is 41.3 Å².